The van der Waals surface area contributed by atoms with Gasteiger partial charge in [0.25, 0.3) is 0 Å². The van der Waals surface area contributed by atoms with Gasteiger partial charge < -0.3 is 15.1 Å². The lowest BCUT2D eigenvalue weighted by atomic mass is 10.2. The van der Waals surface area contributed by atoms with Crippen molar-refractivity contribution in [2.45, 2.75) is 39.8 Å². The largest absolute Gasteiger partial charge is 0.350 e. The highest BCUT2D eigenvalue weighted by Gasteiger charge is 2.34. The van der Waals surface area contributed by atoms with Crippen molar-refractivity contribution in [3.8, 4) is 0 Å². The molecule has 1 atom stereocenters. The topological polar surface area (TPSA) is 52.7 Å². The molecule has 0 radical (unpaired) electrons. The van der Waals surface area contributed by atoms with E-state index in [0.717, 1.165) is 17.6 Å². The lowest BCUT2D eigenvalue weighted by Gasteiger charge is -2.24. The van der Waals surface area contributed by atoms with Crippen LogP contribution >= 0.6 is 0 Å². The molecular weight excluding hydrogens is 326 g/mol. The Morgan fingerprint density at radius 3 is 2.65 bits per heavy atom. The molecule has 5 heteroatoms. The molecule has 0 aromatic heterocycles. The van der Waals surface area contributed by atoms with Crippen molar-refractivity contribution in [1.82, 2.24) is 15.1 Å². The molecule has 1 aromatic carbocycles. The lowest BCUT2D eigenvalue weighted by molar-refractivity contribution is -0.124. The highest BCUT2D eigenvalue weighted by atomic mass is 16.2. The van der Waals surface area contributed by atoms with Crippen LogP contribution in [0.5, 0.6) is 0 Å². The molecule has 2 rings (SSSR count). The van der Waals surface area contributed by atoms with Crippen molar-refractivity contribution in [2.24, 2.45) is 0 Å². The molecule has 1 fully saturated rings. The van der Waals surface area contributed by atoms with Crippen molar-refractivity contribution < 1.29 is 9.59 Å². The van der Waals surface area contributed by atoms with E-state index in [2.05, 4.69) is 18.3 Å². The number of carbonyl (C=O) groups is 2. The van der Waals surface area contributed by atoms with Gasteiger partial charge in [0, 0.05) is 26.2 Å². The van der Waals surface area contributed by atoms with E-state index >= 15 is 0 Å². The Morgan fingerprint density at radius 1 is 1.27 bits per heavy atom. The van der Waals surface area contributed by atoms with Crippen LogP contribution in [0.1, 0.15) is 32.8 Å². The van der Waals surface area contributed by atoms with Gasteiger partial charge >= 0.3 is 6.03 Å². The quantitative estimate of drug-likeness (QED) is 0.727. The Morgan fingerprint density at radius 2 is 2.00 bits per heavy atom. The number of hydrogen-bond acceptors (Lipinski definition) is 2. The number of benzene rings is 1. The van der Waals surface area contributed by atoms with Crippen LogP contribution in [0.3, 0.4) is 0 Å². The van der Waals surface area contributed by atoms with Crippen molar-refractivity contribution in [3.63, 3.8) is 0 Å². The zero-order valence-corrected chi connectivity index (χ0v) is 15.9. The molecule has 0 spiro atoms. The van der Waals surface area contributed by atoms with E-state index in [-0.39, 0.29) is 11.9 Å². The summed E-state index contributed by atoms with van der Waals surface area (Å²) in [7, 11) is 0. The first-order valence-corrected chi connectivity index (χ1v) is 9.25. The molecule has 0 bridgehead atoms. The van der Waals surface area contributed by atoms with Gasteiger partial charge in [0.15, 0.2) is 0 Å². The number of urea groups is 1. The maximum absolute atomic E-state index is 12.6. The van der Waals surface area contributed by atoms with Crippen LogP contribution in [0, 0.1) is 0 Å². The molecule has 1 aromatic rings. The molecule has 0 aliphatic carbocycles. The smallest absolute Gasteiger partial charge is 0.321 e. The van der Waals surface area contributed by atoms with Crippen LogP contribution in [0.15, 0.2) is 54.1 Å². The minimum atomic E-state index is -0.475. The Kier molecular flexibility index (Phi) is 7.45. The summed E-state index contributed by atoms with van der Waals surface area (Å²) in [6.45, 7) is 8.10. The fraction of sp³-hybridized carbons (Fsp3) is 0.429. The van der Waals surface area contributed by atoms with Crippen LogP contribution in [0.4, 0.5) is 4.79 Å². The van der Waals surface area contributed by atoms with Crippen molar-refractivity contribution in [3.05, 3.63) is 59.7 Å². The molecule has 1 N–H and O–H groups in total. The van der Waals surface area contributed by atoms with Gasteiger partial charge in [-0.1, -0.05) is 55.5 Å². The third-order valence-electron chi connectivity index (χ3n) is 4.50. The molecule has 1 aliphatic rings. The standard InChI is InChI=1S/C21H29N3O2/c1-4-9-18(10-5-2)15-22-20(25)17(3)24-14-13-23(21(24)26)16-19-11-7-6-8-12-19/h4,6-12,17H,5,13-16H2,1-3H3,(H,22,25)/b9-4-,18-10+. The second-order valence-electron chi connectivity index (χ2n) is 6.46. The normalized spacial score (nSPS) is 16.4. The summed E-state index contributed by atoms with van der Waals surface area (Å²) in [4.78, 5) is 28.6. The first kappa shape index (κ1) is 19.8. The zero-order valence-electron chi connectivity index (χ0n) is 15.9. The maximum atomic E-state index is 12.6. The summed E-state index contributed by atoms with van der Waals surface area (Å²) < 4.78 is 0. The van der Waals surface area contributed by atoms with E-state index in [4.69, 9.17) is 0 Å². The first-order chi connectivity index (χ1) is 12.6. The van der Waals surface area contributed by atoms with Crippen molar-refractivity contribution >= 4 is 11.9 Å². The maximum Gasteiger partial charge on any atom is 0.321 e. The van der Waals surface area contributed by atoms with Crippen LogP contribution in [-0.4, -0.2) is 47.4 Å². The summed E-state index contributed by atoms with van der Waals surface area (Å²) in [6, 6.07) is 9.37. The van der Waals surface area contributed by atoms with Crippen LogP contribution in [0.2, 0.25) is 0 Å². The van der Waals surface area contributed by atoms with E-state index in [1.54, 1.807) is 16.7 Å². The van der Waals surface area contributed by atoms with Gasteiger partial charge in [-0.3, -0.25) is 4.79 Å². The number of hydrogen-bond donors (Lipinski definition) is 1. The Labute approximate surface area is 156 Å². The molecule has 5 nitrogen and oxygen atoms in total. The molecule has 1 saturated heterocycles. The third kappa shape index (κ3) is 5.22. The van der Waals surface area contributed by atoms with Gasteiger partial charge in [0.1, 0.15) is 6.04 Å². The number of amides is 3. The Balaban J connectivity index is 1.90. The fourth-order valence-corrected chi connectivity index (χ4v) is 3.07. The van der Waals surface area contributed by atoms with Gasteiger partial charge in [-0.2, -0.15) is 0 Å². The molecule has 3 amide bonds. The number of rotatable bonds is 8. The summed E-state index contributed by atoms with van der Waals surface area (Å²) in [5.41, 5.74) is 2.18. The summed E-state index contributed by atoms with van der Waals surface area (Å²) in [5, 5.41) is 2.94. The number of nitrogens with one attached hydrogen (secondary N) is 1. The fourth-order valence-electron chi connectivity index (χ4n) is 3.07. The van der Waals surface area contributed by atoms with E-state index < -0.39 is 6.04 Å². The molecule has 1 heterocycles. The van der Waals surface area contributed by atoms with Gasteiger partial charge in [0.05, 0.1) is 0 Å². The summed E-state index contributed by atoms with van der Waals surface area (Å²) in [5.74, 6) is -0.119. The van der Waals surface area contributed by atoms with Gasteiger partial charge in [-0.25, -0.2) is 4.79 Å². The predicted octanol–water partition coefficient (Wildman–Crippen LogP) is 3.34. The number of allylic oxidation sites excluding steroid dienone is 2. The van der Waals surface area contributed by atoms with Gasteiger partial charge in [0.2, 0.25) is 5.91 Å². The van der Waals surface area contributed by atoms with Crippen molar-refractivity contribution in [1.29, 1.82) is 0 Å². The second kappa shape index (κ2) is 9.80. The third-order valence-corrected chi connectivity index (χ3v) is 4.50. The van der Waals surface area contributed by atoms with Crippen LogP contribution in [0.25, 0.3) is 0 Å². The summed E-state index contributed by atoms with van der Waals surface area (Å²) >= 11 is 0. The van der Waals surface area contributed by atoms with Gasteiger partial charge in [-0.05, 0) is 31.4 Å². The monoisotopic (exact) mass is 355 g/mol. The Bertz CT molecular complexity index is 667. The molecule has 26 heavy (non-hydrogen) atoms. The average Bonchev–Trinajstić information content (AvgIpc) is 3.00. The average molecular weight is 355 g/mol. The second-order valence-corrected chi connectivity index (χ2v) is 6.46. The van der Waals surface area contributed by atoms with E-state index in [9.17, 15) is 9.59 Å². The van der Waals surface area contributed by atoms with E-state index in [1.807, 2.05) is 49.4 Å². The number of carbonyl (C=O) groups excluding carboxylic acids is 2. The Hall–Kier alpha value is -2.56. The lowest BCUT2D eigenvalue weighted by Crippen LogP contribution is -2.47. The van der Waals surface area contributed by atoms with Crippen LogP contribution < -0.4 is 5.32 Å². The van der Waals surface area contributed by atoms with E-state index in [1.165, 1.54) is 0 Å². The minimum absolute atomic E-state index is 0.0747. The highest BCUT2D eigenvalue weighted by molar-refractivity contribution is 5.87. The van der Waals surface area contributed by atoms with E-state index in [0.29, 0.717) is 26.2 Å². The SMILES string of the molecule is C/C=C\C(=C/CC)CNC(=O)C(C)N1CCN(Cc2ccccc2)C1=O. The highest BCUT2D eigenvalue weighted by Crippen LogP contribution is 2.16. The first-order valence-electron chi connectivity index (χ1n) is 9.25. The summed E-state index contributed by atoms with van der Waals surface area (Å²) in [6.07, 6.45) is 6.97. The predicted molar refractivity (Wildman–Crippen MR) is 105 cm³/mol. The molecular formula is C21H29N3O2. The molecule has 1 unspecified atom stereocenters. The number of nitrogens with zero attached hydrogens (tertiary/aromatic N) is 2. The molecule has 140 valence electrons. The zero-order chi connectivity index (χ0) is 18.9. The minimum Gasteiger partial charge on any atom is -0.350 e. The van der Waals surface area contributed by atoms with Crippen LogP contribution in [-0.2, 0) is 11.3 Å². The molecule has 1 aliphatic heterocycles. The van der Waals surface area contributed by atoms with Gasteiger partial charge in [-0.15, -0.1) is 0 Å². The molecule has 0 saturated carbocycles. The van der Waals surface area contributed by atoms with Crippen molar-refractivity contribution in [2.75, 3.05) is 19.6 Å².